The summed E-state index contributed by atoms with van der Waals surface area (Å²) in [5, 5.41) is 38.7. The van der Waals surface area contributed by atoms with Gasteiger partial charge in [0.25, 0.3) is 11.8 Å². The smallest absolute Gasteiger partial charge is 0.252 e. The lowest BCUT2D eigenvalue weighted by atomic mass is 10.00. The Labute approximate surface area is 285 Å². The fourth-order valence-corrected chi connectivity index (χ4v) is 5.80. The Hall–Kier alpha value is -4.30. The van der Waals surface area contributed by atoms with E-state index in [1.165, 1.54) is 54.6 Å². The molecule has 4 aromatic rings. The van der Waals surface area contributed by atoms with Gasteiger partial charge in [-0.05, 0) is 35.4 Å². The van der Waals surface area contributed by atoms with Gasteiger partial charge in [0.05, 0.1) is 25.4 Å². The number of fused-ring (bicyclic) bond motifs is 1. The SMILES string of the molecule is O=C(NCc1c(F)cccc1Cl)C(OCc1ccccc1F)C(O)C(O)[C@@H](OCc1ccccc1F)C(=O)N[C@H]1c2ccccc2CC1O. The Morgan fingerprint density at radius 2 is 1.29 bits per heavy atom. The number of aliphatic hydroxyl groups is 3. The van der Waals surface area contributed by atoms with Gasteiger partial charge in [-0.1, -0.05) is 78.3 Å². The molecule has 49 heavy (non-hydrogen) atoms. The molecule has 0 aliphatic heterocycles. The molecule has 0 bridgehead atoms. The van der Waals surface area contributed by atoms with Crippen molar-refractivity contribution in [1.82, 2.24) is 10.6 Å². The number of halogens is 4. The second kappa shape index (κ2) is 16.4. The highest BCUT2D eigenvalue weighted by molar-refractivity contribution is 6.31. The van der Waals surface area contributed by atoms with Crippen molar-refractivity contribution in [1.29, 1.82) is 0 Å². The van der Waals surface area contributed by atoms with Crippen molar-refractivity contribution in [3.05, 3.63) is 141 Å². The number of aliphatic hydroxyl groups excluding tert-OH is 3. The molecule has 0 saturated carbocycles. The summed E-state index contributed by atoms with van der Waals surface area (Å²) in [7, 11) is 0. The number of amides is 2. The molecule has 4 unspecified atom stereocenters. The Bertz CT molecular complexity index is 1760. The predicted molar refractivity (Wildman–Crippen MR) is 172 cm³/mol. The minimum absolute atomic E-state index is 0.0121. The third-order valence-electron chi connectivity index (χ3n) is 8.24. The molecule has 5 N–H and O–H groups in total. The number of carbonyl (C=O) groups excluding carboxylic acids is 2. The highest BCUT2D eigenvalue weighted by Gasteiger charge is 2.43. The quantitative estimate of drug-likeness (QED) is 0.134. The van der Waals surface area contributed by atoms with Crippen LogP contribution in [0.15, 0.2) is 91.0 Å². The maximum Gasteiger partial charge on any atom is 0.252 e. The van der Waals surface area contributed by atoms with Crippen molar-refractivity contribution in [3.8, 4) is 0 Å². The summed E-state index contributed by atoms with van der Waals surface area (Å²) >= 11 is 6.09. The Morgan fingerprint density at radius 1 is 0.755 bits per heavy atom. The Balaban J connectivity index is 1.41. The van der Waals surface area contributed by atoms with Gasteiger partial charge in [0, 0.05) is 34.7 Å². The van der Waals surface area contributed by atoms with Crippen LogP contribution in [0, 0.1) is 17.5 Å². The van der Waals surface area contributed by atoms with Crippen molar-refractivity contribution in [2.75, 3.05) is 0 Å². The number of ether oxygens (including phenoxy) is 2. The lowest BCUT2D eigenvalue weighted by molar-refractivity contribution is -0.171. The van der Waals surface area contributed by atoms with Gasteiger partial charge >= 0.3 is 0 Å². The maximum absolute atomic E-state index is 14.5. The van der Waals surface area contributed by atoms with Crippen molar-refractivity contribution < 1.29 is 47.6 Å². The van der Waals surface area contributed by atoms with E-state index in [0.29, 0.717) is 5.56 Å². The average Bonchev–Trinajstić information content (AvgIpc) is 3.40. The van der Waals surface area contributed by atoms with Gasteiger partial charge in [-0.25, -0.2) is 13.2 Å². The zero-order valence-corrected chi connectivity index (χ0v) is 26.7. The van der Waals surface area contributed by atoms with Crippen LogP contribution in [-0.4, -0.2) is 57.7 Å². The van der Waals surface area contributed by atoms with Crippen LogP contribution in [0.25, 0.3) is 0 Å². The maximum atomic E-state index is 14.5. The fourth-order valence-electron chi connectivity index (χ4n) is 5.57. The molecule has 0 saturated heterocycles. The number of nitrogens with one attached hydrogen (secondary N) is 2. The summed E-state index contributed by atoms with van der Waals surface area (Å²) in [5.74, 6) is -4.10. The van der Waals surface area contributed by atoms with E-state index in [1.54, 1.807) is 24.3 Å². The summed E-state index contributed by atoms with van der Waals surface area (Å²) in [4.78, 5) is 27.2. The number of hydrogen-bond acceptors (Lipinski definition) is 7. The van der Waals surface area contributed by atoms with E-state index in [-0.39, 0.29) is 28.1 Å². The molecule has 0 radical (unpaired) electrons. The first kappa shape index (κ1) is 36.0. The molecule has 258 valence electrons. The summed E-state index contributed by atoms with van der Waals surface area (Å²) in [6.07, 6.45) is -9.10. The molecule has 1 aliphatic carbocycles. The number of hydrogen-bond donors (Lipinski definition) is 5. The zero-order valence-electron chi connectivity index (χ0n) is 25.9. The highest BCUT2D eigenvalue weighted by Crippen LogP contribution is 2.32. The molecule has 0 fully saturated rings. The molecular weight excluding hydrogens is 665 g/mol. The first-order valence-corrected chi connectivity index (χ1v) is 15.8. The summed E-state index contributed by atoms with van der Waals surface area (Å²) in [6.45, 7) is -1.52. The Morgan fingerprint density at radius 3 is 1.88 bits per heavy atom. The van der Waals surface area contributed by atoms with Crippen LogP contribution in [0.2, 0.25) is 5.02 Å². The molecule has 9 nitrogen and oxygen atoms in total. The average molecular weight is 699 g/mol. The van der Waals surface area contributed by atoms with Gasteiger partial charge in [-0.3, -0.25) is 9.59 Å². The second-order valence-electron chi connectivity index (χ2n) is 11.5. The van der Waals surface area contributed by atoms with Crippen LogP contribution >= 0.6 is 11.6 Å². The molecule has 5 rings (SSSR count). The topological polar surface area (TPSA) is 137 Å². The van der Waals surface area contributed by atoms with E-state index in [4.69, 9.17) is 21.1 Å². The van der Waals surface area contributed by atoms with Gasteiger partial charge in [-0.2, -0.15) is 0 Å². The van der Waals surface area contributed by atoms with Crippen molar-refractivity contribution in [3.63, 3.8) is 0 Å². The van der Waals surface area contributed by atoms with E-state index < -0.39 is 85.6 Å². The normalized spacial score (nSPS) is 17.9. The minimum Gasteiger partial charge on any atom is -0.390 e. The van der Waals surface area contributed by atoms with E-state index in [2.05, 4.69) is 10.6 Å². The summed E-state index contributed by atoms with van der Waals surface area (Å²) < 4.78 is 54.7. The van der Waals surface area contributed by atoms with Crippen molar-refractivity contribution >= 4 is 23.4 Å². The van der Waals surface area contributed by atoms with Crippen molar-refractivity contribution in [2.24, 2.45) is 0 Å². The minimum atomic E-state index is -2.21. The lowest BCUT2D eigenvalue weighted by Crippen LogP contribution is -2.56. The standard InChI is InChI=1S/C36H34ClF3N2O7/c37-25-12-7-15-28(40)24(25)17-41-35(46)33(48-18-21-9-2-5-13-26(21)38)31(44)32(45)34(49-19-22-10-3-6-14-27(22)39)36(47)42-30-23-11-4-1-8-20(23)16-29(30)43/h1-15,29-34,43-45H,16-19H2,(H,41,46)(H,42,47)/t29?,30-,31?,32?,33?,34+/m0/s1. The van der Waals surface area contributed by atoms with Crippen LogP contribution < -0.4 is 10.6 Å². The molecule has 2 amide bonds. The highest BCUT2D eigenvalue weighted by atomic mass is 35.5. The molecule has 4 aromatic carbocycles. The van der Waals surface area contributed by atoms with Gasteiger partial charge in [-0.15, -0.1) is 0 Å². The van der Waals surface area contributed by atoms with Gasteiger partial charge in [0.15, 0.2) is 12.2 Å². The fraction of sp³-hybridized carbons (Fsp3) is 0.278. The van der Waals surface area contributed by atoms with E-state index in [9.17, 15) is 38.1 Å². The molecule has 0 aromatic heterocycles. The molecule has 0 heterocycles. The largest absolute Gasteiger partial charge is 0.390 e. The first-order valence-electron chi connectivity index (χ1n) is 15.4. The second-order valence-corrected chi connectivity index (χ2v) is 11.9. The Kier molecular flexibility index (Phi) is 12.0. The van der Waals surface area contributed by atoms with Gasteiger partial charge < -0.3 is 35.4 Å². The molecule has 6 atom stereocenters. The number of benzene rings is 4. The third kappa shape index (κ3) is 8.66. The number of rotatable bonds is 14. The van der Waals surface area contributed by atoms with Crippen molar-refractivity contribution in [2.45, 2.75) is 62.7 Å². The third-order valence-corrected chi connectivity index (χ3v) is 8.60. The van der Waals surface area contributed by atoms with Crippen LogP contribution in [0.4, 0.5) is 13.2 Å². The molecular formula is C36H34ClF3N2O7. The zero-order chi connectivity index (χ0) is 35.1. The number of carbonyl (C=O) groups is 2. The monoisotopic (exact) mass is 698 g/mol. The molecule has 0 spiro atoms. The van der Waals surface area contributed by atoms with E-state index in [0.717, 1.165) is 17.7 Å². The van der Waals surface area contributed by atoms with Crippen LogP contribution in [0.3, 0.4) is 0 Å². The molecule has 1 aliphatic rings. The van der Waals surface area contributed by atoms with Crippen LogP contribution in [0.5, 0.6) is 0 Å². The first-order chi connectivity index (χ1) is 23.5. The van der Waals surface area contributed by atoms with Crippen LogP contribution in [0.1, 0.15) is 33.9 Å². The van der Waals surface area contributed by atoms with E-state index >= 15 is 0 Å². The molecule has 13 heteroatoms. The lowest BCUT2D eigenvalue weighted by Gasteiger charge is -2.31. The summed E-state index contributed by atoms with van der Waals surface area (Å²) in [6, 6.07) is 21.1. The van der Waals surface area contributed by atoms with Gasteiger partial charge in [0.2, 0.25) is 0 Å². The van der Waals surface area contributed by atoms with Crippen LogP contribution in [-0.2, 0) is 45.2 Å². The van der Waals surface area contributed by atoms with E-state index in [1.807, 2.05) is 0 Å². The predicted octanol–water partition coefficient (Wildman–Crippen LogP) is 4.04. The van der Waals surface area contributed by atoms with Gasteiger partial charge in [0.1, 0.15) is 29.7 Å². The summed E-state index contributed by atoms with van der Waals surface area (Å²) in [5.41, 5.74) is 1.39.